The van der Waals surface area contributed by atoms with E-state index in [0.717, 1.165) is 5.69 Å². The van der Waals surface area contributed by atoms with Crippen molar-refractivity contribution in [3.05, 3.63) is 53.1 Å². The molecule has 0 radical (unpaired) electrons. The van der Waals surface area contributed by atoms with E-state index in [-0.39, 0.29) is 5.82 Å². The number of hydrogen-bond acceptors (Lipinski definition) is 2. The van der Waals surface area contributed by atoms with E-state index in [9.17, 15) is 4.39 Å². The van der Waals surface area contributed by atoms with E-state index in [1.54, 1.807) is 10.9 Å². The van der Waals surface area contributed by atoms with Crippen molar-refractivity contribution in [3.63, 3.8) is 0 Å². The van der Waals surface area contributed by atoms with Gasteiger partial charge in [-0.25, -0.2) is 4.39 Å². The third kappa shape index (κ3) is 1.94. The summed E-state index contributed by atoms with van der Waals surface area (Å²) in [7, 11) is 0. The molecule has 4 heteroatoms. The van der Waals surface area contributed by atoms with Crippen LogP contribution in [0.3, 0.4) is 0 Å². The zero-order valence-corrected chi connectivity index (χ0v) is 8.81. The van der Waals surface area contributed by atoms with Crippen molar-refractivity contribution in [2.75, 3.05) is 0 Å². The molecule has 80 valence electrons. The molecule has 1 heterocycles. The van der Waals surface area contributed by atoms with E-state index in [1.165, 1.54) is 18.2 Å². The van der Waals surface area contributed by atoms with Crippen LogP contribution in [0.5, 0.6) is 0 Å². The molecule has 0 saturated heterocycles. The Morgan fingerprint density at radius 2 is 2.25 bits per heavy atom. The predicted octanol–water partition coefficient (Wildman–Crippen LogP) is 2.25. The summed E-state index contributed by atoms with van der Waals surface area (Å²) >= 11 is 0. The molecule has 0 spiro atoms. The van der Waals surface area contributed by atoms with Gasteiger partial charge in [-0.15, -0.1) is 0 Å². The Labute approximate surface area is 92.7 Å². The summed E-state index contributed by atoms with van der Waals surface area (Å²) in [6, 6.07) is 8.07. The molecule has 0 fully saturated rings. The lowest BCUT2D eigenvalue weighted by Crippen LogP contribution is -2.05. The van der Waals surface area contributed by atoms with Crippen LogP contribution in [0.4, 0.5) is 4.39 Å². The molecule has 3 nitrogen and oxygen atoms in total. The van der Waals surface area contributed by atoms with Crippen molar-refractivity contribution >= 4 is 0 Å². The van der Waals surface area contributed by atoms with Crippen molar-refractivity contribution in [1.29, 1.82) is 5.26 Å². The van der Waals surface area contributed by atoms with Gasteiger partial charge >= 0.3 is 0 Å². The molecule has 0 aliphatic heterocycles. The van der Waals surface area contributed by atoms with E-state index < -0.39 is 0 Å². The molecular weight excluding hydrogens is 205 g/mol. The third-order valence-corrected chi connectivity index (χ3v) is 2.44. The van der Waals surface area contributed by atoms with Crippen LogP contribution in [0.1, 0.15) is 16.8 Å². The highest BCUT2D eigenvalue weighted by Crippen LogP contribution is 2.12. The highest BCUT2D eigenvalue weighted by atomic mass is 19.1. The number of aryl methyl sites for hydroxylation is 1. The average molecular weight is 215 g/mol. The standard InChI is InChI=1S/C12H10FN3/c1-9-4-5-15-16(9)8-11-6-12(13)3-2-10(11)7-14/h2-6H,8H2,1H3. The van der Waals surface area contributed by atoms with Crippen LogP contribution in [0.2, 0.25) is 0 Å². The van der Waals surface area contributed by atoms with Crippen molar-refractivity contribution in [3.8, 4) is 6.07 Å². The zero-order chi connectivity index (χ0) is 11.5. The number of rotatable bonds is 2. The second-order valence-corrected chi connectivity index (χ2v) is 3.54. The molecule has 0 atom stereocenters. The van der Waals surface area contributed by atoms with Crippen LogP contribution in [0, 0.1) is 24.1 Å². The number of nitrogens with zero attached hydrogens (tertiary/aromatic N) is 3. The lowest BCUT2D eigenvalue weighted by atomic mass is 10.1. The van der Waals surface area contributed by atoms with E-state index in [4.69, 9.17) is 5.26 Å². The molecule has 0 bridgehead atoms. The number of nitriles is 1. The van der Waals surface area contributed by atoms with Gasteiger partial charge in [-0.3, -0.25) is 4.68 Å². The van der Waals surface area contributed by atoms with Gasteiger partial charge in [-0.05, 0) is 36.8 Å². The predicted molar refractivity (Wildman–Crippen MR) is 57.2 cm³/mol. The Hall–Kier alpha value is -2.15. The maximum atomic E-state index is 13.1. The van der Waals surface area contributed by atoms with Crippen molar-refractivity contribution in [2.45, 2.75) is 13.5 Å². The summed E-state index contributed by atoms with van der Waals surface area (Å²) in [4.78, 5) is 0. The van der Waals surface area contributed by atoms with Gasteiger partial charge in [-0.1, -0.05) is 0 Å². The zero-order valence-electron chi connectivity index (χ0n) is 8.81. The molecule has 2 aromatic rings. The first kappa shape index (κ1) is 10.4. The summed E-state index contributed by atoms with van der Waals surface area (Å²) in [6.45, 7) is 2.33. The monoisotopic (exact) mass is 215 g/mol. The number of halogens is 1. The Morgan fingerprint density at radius 3 is 2.88 bits per heavy atom. The molecule has 2 rings (SSSR count). The van der Waals surface area contributed by atoms with Gasteiger partial charge in [0.1, 0.15) is 5.82 Å². The number of aromatic nitrogens is 2. The molecule has 1 aromatic heterocycles. The van der Waals surface area contributed by atoms with E-state index >= 15 is 0 Å². The maximum absolute atomic E-state index is 13.1. The fourth-order valence-electron chi connectivity index (χ4n) is 1.53. The van der Waals surface area contributed by atoms with E-state index in [1.807, 2.05) is 19.1 Å². The largest absolute Gasteiger partial charge is 0.265 e. The fourth-order valence-corrected chi connectivity index (χ4v) is 1.53. The Balaban J connectivity index is 2.38. The van der Waals surface area contributed by atoms with E-state index in [0.29, 0.717) is 17.7 Å². The summed E-state index contributed by atoms with van der Waals surface area (Å²) in [5, 5.41) is 13.0. The highest BCUT2D eigenvalue weighted by molar-refractivity contribution is 5.38. The second kappa shape index (κ2) is 4.15. The Kier molecular flexibility index (Phi) is 2.69. The van der Waals surface area contributed by atoms with Crippen molar-refractivity contribution < 1.29 is 4.39 Å². The summed E-state index contributed by atoms with van der Waals surface area (Å²) in [5.41, 5.74) is 2.11. The maximum Gasteiger partial charge on any atom is 0.123 e. The number of hydrogen-bond donors (Lipinski definition) is 0. The van der Waals surface area contributed by atoms with Crippen LogP contribution >= 0.6 is 0 Å². The average Bonchev–Trinajstić information content (AvgIpc) is 2.65. The first-order valence-corrected chi connectivity index (χ1v) is 4.87. The lowest BCUT2D eigenvalue weighted by Gasteiger charge is -2.06. The number of benzene rings is 1. The van der Waals surface area contributed by atoms with Crippen LogP contribution in [0.25, 0.3) is 0 Å². The lowest BCUT2D eigenvalue weighted by molar-refractivity contribution is 0.616. The second-order valence-electron chi connectivity index (χ2n) is 3.54. The topological polar surface area (TPSA) is 41.6 Å². The summed E-state index contributed by atoms with van der Waals surface area (Å²) in [5.74, 6) is -0.334. The minimum Gasteiger partial charge on any atom is -0.265 e. The Morgan fingerprint density at radius 1 is 1.44 bits per heavy atom. The molecule has 16 heavy (non-hydrogen) atoms. The molecule has 0 aliphatic rings. The van der Waals surface area contributed by atoms with Crippen molar-refractivity contribution in [1.82, 2.24) is 9.78 Å². The quantitative estimate of drug-likeness (QED) is 0.771. The van der Waals surface area contributed by atoms with Gasteiger partial charge in [0.15, 0.2) is 0 Å². The van der Waals surface area contributed by atoms with E-state index in [2.05, 4.69) is 5.10 Å². The van der Waals surface area contributed by atoms with Crippen molar-refractivity contribution in [2.24, 2.45) is 0 Å². The SMILES string of the molecule is Cc1ccnn1Cc1cc(F)ccc1C#N. The highest BCUT2D eigenvalue weighted by Gasteiger charge is 2.06. The molecule has 1 aromatic carbocycles. The van der Waals surface area contributed by atoms with Gasteiger partial charge in [0.05, 0.1) is 18.2 Å². The summed E-state index contributed by atoms with van der Waals surface area (Å²) < 4.78 is 14.8. The smallest absolute Gasteiger partial charge is 0.123 e. The molecule has 0 unspecified atom stereocenters. The third-order valence-electron chi connectivity index (χ3n) is 2.44. The van der Waals surface area contributed by atoms with Gasteiger partial charge in [0.25, 0.3) is 0 Å². The molecule has 0 aliphatic carbocycles. The van der Waals surface area contributed by atoms with Gasteiger partial charge in [0.2, 0.25) is 0 Å². The Bertz CT molecular complexity index is 552. The molecule has 0 amide bonds. The van der Waals surface area contributed by atoms with Crippen LogP contribution in [-0.4, -0.2) is 9.78 Å². The summed E-state index contributed by atoms with van der Waals surface area (Å²) in [6.07, 6.45) is 1.68. The van der Waals surface area contributed by atoms with Crippen LogP contribution < -0.4 is 0 Å². The minimum absolute atomic E-state index is 0.334. The van der Waals surface area contributed by atoms with Crippen LogP contribution in [-0.2, 0) is 6.54 Å². The first-order chi connectivity index (χ1) is 7.70. The first-order valence-electron chi connectivity index (χ1n) is 4.87. The van der Waals surface area contributed by atoms with Crippen LogP contribution in [0.15, 0.2) is 30.5 Å². The minimum atomic E-state index is -0.334. The molecular formula is C12H10FN3. The normalized spacial score (nSPS) is 10.1. The van der Waals surface area contributed by atoms with Gasteiger partial charge < -0.3 is 0 Å². The molecule has 0 saturated carbocycles. The fraction of sp³-hybridized carbons (Fsp3) is 0.167. The molecule has 0 N–H and O–H groups in total. The van der Waals surface area contributed by atoms with Gasteiger partial charge in [-0.2, -0.15) is 10.4 Å². The van der Waals surface area contributed by atoms with Gasteiger partial charge in [0, 0.05) is 11.9 Å².